The van der Waals surface area contributed by atoms with Crippen LogP contribution in [0.4, 0.5) is 0 Å². The van der Waals surface area contributed by atoms with E-state index in [1.807, 2.05) is 6.08 Å². The summed E-state index contributed by atoms with van der Waals surface area (Å²) in [6, 6.07) is 0. The summed E-state index contributed by atoms with van der Waals surface area (Å²) in [5.41, 5.74) is 4.14. The molecule has 92 valence electrons. The predicted molar refractivity (Wildman–Crippen MR) is 72.5 cm³/mol. The Morgan fingerprint density at radius 1 is 0.812 bits per heavy atom. The van der Waals surface area contributed by atoms with Gasteiger partial charge in [-0.25, -0.2) is 0 Å². The van der Waals surface area contributed by atoms with Crippen LogP contribution in [0.5, 0.6) is 0 Å². The minimum atomic E-state index is 0.162. The third-order valence-corrected chi connectivity index (χ3v) is 2.56. The molecule has 0 heterocycles. The summed E-state index contributed by atoms with van der Waals surface area (Å²) in [5.74, 6) is 0. The summed E-state index contributed by atoms with van der Waals surface area (Å²) in [7, 11) is 0. The Bertz CT molecular complexity index is 265. The second-order valence-electron chi connectivity index (χ2n) is 4.64. The molecule has 16 heavy (non-hydrogen) atoms. The molecule has 1 nitrogen and oxygen atoms in total. The Kier molecular flexibility index (Phi) is 8.93. The summed E-state index contributed by atoms with van der Waals surface area (Å²) >= 11 is 0. The highest BCUT2D eigenvalue weighted by Crippen LogP contribution is 2.10. The highest BCUT2D eigenvalue weighted by atomic mass is 16.2. The molecular formula is C15H26O. The number of aliphatic hydroxyl groups excluding tert-OH is 1. The molecular weight excluding hydrogens is 198 g/mol. The number of hydrogen-bond acceptors (Lipinski definition) is 1. The lowest BCUT2D eigenvalue weighted by molar-refractivity contribution is 0.341. The highest BCUT2D eigenvalue weighted by molar-refractivity contribution is 5.05. The molecule has 0 radical (unpaired) electrons. The van der Waals surface area contributed by atoms with E-state index < -0.39 is 0 Å². The van der Waals surface area contributed by atoms with Gasteiger partial charge in [0.2, 0.25) is 0 Å². The molecule has 1 heteroatoms. The van der Waals surface area contributed by atoms with Crippen LogP contribution < -0.4 is 0 Å². The molecule has 0 aliphatic heterocycles. The number of rotatable bonds is 7. The summed E-state index contributed by atoms with van der Waals surface area (Å²) in [5, 5.41) is 8.72. The van der Waals surface area contributed by atoms with Crippen molar-refractivity contribution in [2.75, 3.05) is 6.61 Å². The fraction of sp³-hybridized carbons (Fsp3) is 0.600. The normalized spacial score (nSPS) is 12.8. The fourth-order valence-corrected chi connectivity index (χ4v) is 1.49. The zero-order chi connectivity index (χ0) is 12.4. The van der Waals surface area contributed by atoms with Crippen LogP contribution >= 0.6 is 0 Å². The van der Waals surface area contributed by atoms with Crippen molar-refractivity contribution in [3.63, 3.8) is 0 Å². The molecule has 0 aliphatic rings. The van der Waals surface area contributed by atoms with Crippen LogP contribution in [-0.2, 0) is 0 Å². The molecule has 0 atom stereocenters. The average molecular weight is 224 g/mol. The maximum Gasteiger partial charge on any atom is 0.0614 e. The number of aliphatic hydroxyl groups is 1. The van der Waals surface area contributed by atoms with Crippen molar-refractivity contribution in [3.05, 3.63) is 34.9 Å². The summed E-state index contributed by atoms with van der Waals surface area (Å²) in [6.07, 6.45) is 10.9. The van der Waals surface area contributed by atoms with Crippen molar-refractivity contribution in [3.8, 4) is 0 Å². The molecule has 0 unspecified atom stereocenters. The standard InChI is InChI=1S/C15H26O/c1-13(2)7-5-8-14(3)9-6-10-15(4)11-12-16/h7,9,11,16H,5-6,8,10,12H2,1-4H3/b14-9+,15-11+/i9+1,15+1. The van der Waals surface area contributed by atoms with Crippen LogP contribution in [0, 0.1) is 0 Å². The Labute approximate surface area is 101 Å². The van der Waals surface area contributed by atoms with Gasteiger partial charge in [0.1, 0.15) is 0 Å². The lowest BCUT2D eigenvalue weighted by Crippen LogP contribution is -1.82. The zero-order valence-corrected chi connectivity index (χ0v) is 11.2. The third-order valence-electron chi connectivity index (χ3n) is 2.56. The van der Waals surface area contributed by atoms with E-state index in [4.69, 9.17) is 5.11 Å². The van der Waals surface area contributed by atoms with Crippen LogP contribution in [-0.4, -0.2) is 11.7 Å². The van der Waals surface area contributed by atoms with E-state index in [1.165, 1.54) is 16.7 Å². The molecule has 1 N–H and O–H groups in total. The molecule has 0 spiro atoms. The predicted octanol–water partition coefficient (Wildman–Crippen LogP) is 4.40. The first-order valence-corrected chi connectivity index (χ1v) is 6.11. The number of hydrogen-bond donors (Lipinski definition) is 1. The lowest BCUT2D eigenvalue weighted by atomic mass is 10.1. The van der Waals surface area contributed by atoms with E-state index in [-0.39, 0.29) is 6.61 Å². The minimum absolute atomic E-state index is 0.162. The van der Waals surface area contributed by atoms with E-state index in [2.05, 4.69) is 39.8 Å². The van der Waals surface area contributed by atoms with Gasteiger partial charge in [0.25, 0.3) is 0 Å². The Balaban J connectivity index is 3.79. The molecule has 0 saturated carbocycles. The maximum atomic E-state index is 8.72. The lowest BCUT2D eigenvalue weighted by Gasteiger charge is -2.00. The molecule has 0 saturated heterocycles. The van der Waals surface area contributed by atoms with Crippen molar-refractivity contribution < 1.29 is 5.11 Å². The van der Waals surface area contributed by atoms with Crippen molar-refractivity contribution in [1.82, 2.24) is 0 Å². The molecule has 0 fully saturated rings. The first kappa shape index (κ1) is 15.2. The van der Waals surface area contributed by atoms with E-state index in [1.54, 1.807) is 0 Å². The first-order valence-electron chi connectivity index (χ1n) is 6.11. The van der Waals surface area contributed by atoms with Crippen molar-refractivity contribution >= 4 is 0 Å². The summed E-state index contributed by atoms with van der Waals surface area (Å²) < 4.78 is 0. The van der Waals surface area contributed by atoms with Gasteiger partial charge in [0, 0.05) is 0 Å². The SMILES string of the molecule is CC(C)=CCC/C(C)=[13CH]/CC/[13C](C)=C/CO. The van der Waals surface area contributed by atoms with Crippen LogP contribution in [0.1, 0.15) is 53.4 Å². The third kappa shape index (κ3) is 9.72. The monoisotopic (exact) mass is 224 g/mol. The molecule has 0 aliphatic carbocycles. The van der Waals surface area contributed by atoms with Crippen LogP contribution in [0.25, 0.3) is 0 Å². The van der Waals surface area contributed by atoms with Crippen molar-refractivity contribution in [2.45, 2.75) is 53.4 Å². The smallest absolute Gasteiger partial charge is 0.0614 e. The zero-order valence-electron chi connectivity index (χ0n) is 11.2. The second-order valence-corrected chi connectivity index (χ2v) is 4.64. The van der Waals surface area contributed by atoms with Gasteiger partial charge in [-0.1, -0.05) is 34.9 Å². The van der Waals surface area contributed by atoms with Crippen molar-refractivity contribution in [1.29, 1.82) is 0 Å². The van der Waals surface area contributed by atoms with E-state index in [0.29, 0.717) is 0 Å². The van der Waals surface area contributed by atoms with Gasteiger partial charge < -0.3 is 5.11 Å². The van der Waals surface area contributed by atoms with Crippen LogP contribution in [0.15, 0.2) is 34.9 Å². The first-order chi connectivity index (χ1) is 7.56. The van der Waals surface area contributed by atoms with Gasteiger partial charge in [-0.05, 0) is 53.4 Å². The molecule has 0 rings (SSSR count). The Morgan fingerprint density at radius 2 is 1.31 bits per heavy atom. The van der Waals surface area contributed by atoms with Gasteiger partial charge in [-0.15, -0.1) is 0 Å². The average Bonchev–Trinajstić information content (AvgIpc) is 2.17. The molecule has 0 aromatic rings. The molecule has 0 bridgehead atoms. The van der Waals surface area contributed by atoms with Gasteiger partial charge in [-0.2, -0.15) is 0 Å². The minimum Gasteiger partial charge on any atom is -0.392 e. The van der Waals surface area contributed by atoms with Gasteiger partial charge >= 0.3 is 0 Å². The summed E-state index contributed by atoms with van der Waals surface area (Å²) in [6.45, 7) is 8.71. The Morgan fingerprint density at radius 3 is 1.81 bits per heavy atom. The fourth-order valence-electron chi connectivity index (χ4n) is 1.49. The quantitative estimate of drug-likeness (QED) is 0.502. The summed E-state index contributed by atoms with van der Waals surface area (Å²) in [4.78, 5) is 0. The van der Waals surface area contributed by atoms with E-state index >= 15 is 0 Å². The largest absolute Gasteiger partial charge is 0.392 e. The van der Waals surface area contributed by atoms with Gasteiger partial charge in [-0.3, -0.25) is 0 Å². The molecule has 0 amide bonds. The van der Waals surface area contributed by atoms with Crippen molar-refractivity contribution in [2.24, 2.45) is 0 Å². The topological polar surface area (TPSA) is 20.2 Å². The van der Waals surface area contributed by atoms with Crippen LogP contribution in [0.3, 0.4) is 0 Å². The Hall–Kier alpha value is -0.820. The van der Waals surface area contributed by atoms with Crippen LogP contribution in [0.2, 0.25) is 0 Å². The molecule has 0 aromatic carbocycles. The highest BCUT2D eigenvalue weighted by Gasteiger charge is 1.91. The van der Waals surface area contributed by atoms with E-state index in [0.717, 1.165) is 25.7 Å². The van der Waals surface area contributed by atoms with Gasteiger partial charge in [0.15, 0.2) is 0 Å². The maximum absolute atomic E-state index is 8.72. The molecule has 0 aromatic heterocycles. The van der Waals surface area contributed by atoms with E-state index in [9.17, 15) is 0 Å². The van der Waals surface area contributed by atoms with Gasteiger partial charge in [0.05, 0.1) is 6.61 Å². The number of allylic oxidation sites excluding steroid dienone is 5. The second kappa shape index (κ2) is 9.41.